The normalized spacial score (nSPS) is 31.2. The molecule has 366 valence electrons. The van der Waals surface area contributed by atoms with Crippen LogP contribution in [0.1, 0.15) is 106 Å². The molecule has 0 aliphatic carbocycles. The van der Waals surface area contributed by atoms with Gasteiger partial charge in [0.25, 0.3) is 0 Å². The minimum atomic E-state index is -1.35. The van der Waals surface area contributed by atoms with Crippen LogP contribution in [0.2, 0.25) is 0 Å². The number of hydrogen-bond donors (Lipinski definition) is 0. The van der Waals surface area contributed by atoms with E-state index in [2.05, 4.69) is 0 Å². The molecule has 3 aromatic carbocycles. The molecule has 18 nitrogen and oxygen atoms in total. The van der Waals surface area contributed by atoms with Crippen LogP contribution < -0.4 is 9.47 Å². The summed E-state index contributed by atoms with van der Waals surface area (Å²) in [7, 11) is 1.40. The van der Waals surface area contributed by atoms with Gasteiger partial charge in [0.15, 0.2) is 30.6 Å². The van der Waals surface area contributed by atoms with Gasteiger partial charge >= 0.3 is 23.9 Å². The summed E-state index contributed by atoms with van der Waals surface area (Å²) in [5.41, 5.74) is 1.49. The third-order valence-corrected chi connectivity index (χ3v) is 12.0. The first-order valence-electron chi connectivity index (χ1n) is 22.7. The van der Waals surface area contributed by atoms with E-state index >= 15 is 0 Å². The van der Waals surface area contributed by atoms with Gasteiger partial charge in [-0.1, -0.05) is 48.5 Å². The number of benzene rings is 3. The standard InChI is InChI=1S/C50H58O18/c1-26(51)18-21-41(55)65-44-27(2)59-43(25-39(44)61-30(5)52)66-46-29(4)60-50(48(47(46)57-7)67-49(56)33-16-12-9-13-17-33)68-45-28(3)58-42(24-40(45)62-31(6)53)63-34-19-20-37-35(22-34)36(54)23-38(64-37)32-14-10-8-11-15-32/h8-17,19-20,22,27-29,38-40,42-48,50H,18,21,23-25H2,1-7H3/t27-,28-,29+,38?,39+,40+,42+,43+,44-,45-,46+,47-,48-,50+/m1/s1. The minimum Gasteiger partial charge on any atom is -0.484 e. The summed E-state index contributed by atoms with van der Waals surface area (Å²) in [6.07, 6.45) is -13.7. The van der Waals surface area contributed by atoms with Gasteiger partial charge in [0.2, 0.25) is 6.29 Å². The molecule has 0 saturated carbocycles. The molecule has 3 saturated heterocycles. The number of carbonyl (C=O) groups is 6. The van der Waals surface area contributed by atoms with Gasteiger partial charge in [0.05, 0.1) is 42.3 Å². The second kappa shape index (κ2) is 22.6. The van der Waals surface area contributed by atoms with E-state index in [1.165, 1.54) is 27.9 Å². The van der Waals surface area contributed by atoms with Gasteiger partial charge in [0, 0.05) is 40.2 Å². The van der Waals surface area contributed by atoms with E-state index < -0.39 is 110 Å². The summed E-state index contributed by atoms with van der Waals surface area (Å²) in [5.74, 6) is -2.14. The van der Waals surface area contributed by atoms with Crippen LogP contribution >= 0.6 is 0 Å². The summed E-state index contributed by atoms with van der Waals surface area (Å²) in [5, 5.41) is 0. The van der Waals surface area contributed by atoms with E-state index in [1.54, 1.807) is 69.3 Å². The molecular weight excluding hydrogens is 889 g/mol. The van der Waals surface area contributed by atoms with E-state index in [0.717, 1.165) is 5.56 Å². The lowest BCUT2D eigenvalue weighted by molar-refractivity contribution is -0.356. The summed E-state index contributed by atoms with van der Waals surface area (Å²) in [4.78, 5) is 76.1. The number of rotatable bonds is 16. The molecule has 1 unspecified atom stereocenters. The molecule has 3 aromatic rings. The van der Waals surface area contributed by atoms with Crippen LogP contribution in [0.5, 0.6) is 11.5 Å². The van der Waals surface area contributed by atoms with Gasteiger partial charge in [-0.3, -0.25) is 19.2 Å². The average molecular weight is 947 g/mol. The highest BCUT2D eigenvalue weighted by Crippen LogP contribution is 2.39. The molecule has 68 heavy (non-hydrogen) atoms. The van der Waals surface area contributed by atoms with Crippen LogP contribution in [-0.2, 0) is 66.5 Å². The Balaban J connectivity index is 1.08. The number of esters is 4. The first-order valence-corrected chi connectivity index (χ1v) is 22.7. The monoisotopic (exact) mass is 946 g/mol. The Morgan fingerprint density at radius 3 is 1.91 bits per heavy atom. The second-order valence-corrected chi connectivity index (χ2v) is 17.2. The second-order valence-electron chi connectivity index (χ2n) is 17.2. The van der Waals surface area contributed by atoms with E-state index in [9.17, 15) is 28.8 Å². The van der Waals surface area contributed by atoms with Crippen molar-refractivity contribution in [1.29, 1.82) is 0 Å². The Labute approximate surface area is 394 Å². The van der Waals surface area contributed by atoms with Crippen LogP contribution in [-0.4, -0.2) is 122 Å². The molecule has 0 aromatic heterocycles. The van der Waals surface area contributed by atoms with Crippen molar-refractivity contribution in [1.82, 2.24) is 0 Å². The number of carbonyl (C=O) groups excluding carboxylic acids is 6. The van der Waals surface area contributed by atoms with Gasteiger partial charge in [-0.15, -0.1) is 0 Å². The van der Waals surface area contributed by atoms with E-state index in [4.69, 9.17) is 56.8 Å². The zero-order chi connectivity index (χ0) is 48.6. The Kier molecular flexibility index (Phi) is 16.6. The van der Waals surface area contributed by atoms with Crippen molar-refractivity contribution >= 4 is 35.4 Å². The molecular formula is C50H58O18. The van der Waals surface area contributed by atoms with E-state index in [0.29, 0.717) is 17.1 Å². The first-order chi connectivity index (χ1) is 32.6. The molecule has 0 bridgehead atoms. The number of methoxy groups -OCH3 is 1. The lowest BCUT2D eigenvalue weighted by Gasteiger charge is -2.48. The summed E-state index contributed by atoms with van der Waals surface area (Å²) < 4.78 is 73.8. The Morgan fingerprint density at radius 2 is 1.25 bits per heavy atom. The zero-order valence-electron chi connectivity index (χ0n) is 39.0. The zero-order valence-corrected chi connectivity index (χ0v) is 39.0. The van der Waals surface area contributed by atoms with Crippen molar-refractivity contribution in [2.45, 2.75) is 160 Å². The highest BCUT2D eigenvalue weighted by Gasteiger charge is 2.53. The molecule has 0 radical (unpaired) electrons. The van der Waals surface area contributed by atoms with Crippen LogP contribution in [0.4, 0.5) is 0 Å². The van der Waals surface area contributed by atoms with Crippen molar-refractivity contribution in [3.8, 4) is 11.5 Å². The fourth-order valence-electron chi connectivity index (χ4n) is 8.82. The molecule has 14 atom stereocenters. The van der Waals surface area contributed by atoms with Crippen molar-refractivity contribution in [2.75, 3.05) is 7.11 Å². The summed E-state index contributed by atoms with van der Waals surface area (Å²) in [6, 6.07) is 22.7. The van der Waals surface area contributed by atoms with Gasteiger partial charge in [-0.2, -0.15) is 0 Å². The highest BCUT2D eigenvalue weighted by atomic mass is 16.8. The predicted octanol–water partition coefficient (Wildman–Crippen LogP) is 5.94. The number of Topliss-reactive ketones (excluding diaryl/α,β-unsaturated/α-hetero) is 2. The molecule has 0 amide bonds. The van der Waals surface area contributed by atoms with Gasteiger partial charge in [0.1, 0.15) is 53.9 Å². The molecule has 4 heterocycles. The van der Waals surface area contributed by atoms with Crippen molar-refractivity contribution in [2.24, 2.45) is 0 Å². The number of fused-ring (bicyclic) bond motifs is 1. The smallest absolute Gasteiger partial charge is 0.338 e. The van der Waals surface area contributed by atoms with Crippen molar-refractivity contribution in [3.05, 3.63) is 95.6 Å². The van der Waals surface area contributed by atoms with E-state index in [-0.39, 0.29) is 49.2 Å². The molecule has 4 aliphatic heterocycles. The molecule has 0 N–H and O–H groups in total. The number of hydrogen-bond acceptors (Lipinski definition) is 18. The third kappa shape index (κ3) is 12.5. The van der Waals surface area contributed by atoms with Crippen LogP contribution in [0.25, 0.3) is 0 Å². The third-order valence-electron chi connectivity index (χ3n) is 12.0. The van der Waals surface area contributed by atoms with Gasteiger partial charge < -0.3 is 61.6 Å². The quantitative estimate of drug-likeness (QED) is 0.120. The fourth-order valence-corrected chi connectivity index (χ4v) is 8.82. The highest BCUT2D eigenvalue weighted by molar-refractivity contribution is 6.00. The lowest BCUT2D eigenvalue weighted by atomic mass is 9.96. The van der Waals surface area contributed by atoms with E-state index in [1.807, 2.05) is 30.3 Å². The van der Waals surface area contributed by atoms with Gasteiger partial charge in [-0.05, 0) is 63.6 Å². The molecule has 4 aliphatic rings. The first kappa shape index (κ1) is 50.1. The Morgan fingerprint density at radius 1 is 0.632 bits per heavy atom. The van der Waals surface area contributed by atoms with Crippen molar-refractivity contribution in [3.63, 3.8) is 0 Å². The summed E-state index contributed by atoms with van der Waals surface area (Å²) in [6.45, 7) is 8.88. The Hall–Kier alpha value is -5.76. The molecule has 18 heteroatoms. The van der Waals surface area contributed by atoms with Crippen LogP contribution in [0.3, 0.4) is 0 Å². The van der Waals surface area contributed by atoms with Crippen LogP contribution in [0, 0.1) is 0 Å². The Bertz CT molecular complexity index is 2250. The molecule has 3 fully saturated rings. The number of ketones is 2. The topological polar surface area (TPSA) is 213 Å². The summed E-state index contributed by atoms with van der Waals surface area (Å²) >= 11 is 0. The maximum absolute atomic E-state index is 13.8. The molecule has 7 rings (SSSR count). The van der Waals surface area contributed by atoms with Gasteiger partial charge in [-0.25, -0.2) is 4.79 Å². The SMILES string of the molecule is CO[C@@H]1[C@@H](O[C@H]2C[C@H](OC(C)=O)[C@H](OC(=O)CCC(C)=O)[C@@H](C)O2)[C@H](C)O[C@@H](O[C@H]2[C@@H](OC(C)=O)C[C@H](Oc3ccc4c(c3)C(=O)CC(c3ccccc3)O4)O[C@@H]2C)[C@@H]1OC(=O)c1ccccc1. The van der Waals surface area contributed by atoms with Crippen LogP contribution in [0.15, 0.2) is 78.9 Å². The maximum Gasteiger partial charge on any atom is 0.338 e. The molecule has 0 spiro atoms. The van der Waals surface area contributed by atoms with Crippen molar-refractivity contribution < 1.29 is 85.6 Å². The minimum absolute atomic E-state index is 0.00385. The lowest BCUT2D eigenvalue weighted by Crippen LogP contribution is -2.64. The maximum atomic E-state index is 13.8. The fraction of sp³-hybridized carbons (Fsp3) is 0.520. The number of ether oxygens (including phenoxy) is 12. The average Bonchev–Trinajstić information content (AvgIpc) is 3.29. The largest absolute Gasteiger partial charge is 0.484 e. The predicted molar refractivity (Wildman–Crippen MR) is 235 cm³/mol.